The first-order chi connectivity index (χ1) is 11.8. The summed E-state index contributed by atoms with van der Waals surface area (Å²) in [6.07, 6.45) is 3.67. The van der Waals surface area contributed by atoms with Crippen molar-refractivity contribution < 1.29 is 18.3 Å². The lowest BCUT2D eigenvalue weighted by molar-refractivity contribution is -0.136. The molecule has 0 aromatic heterocycles. The molecule has 0 saturated carbocycles. The number of benzene rings is 2. The van der Waals surface area contributed by atoms with E-state index < -0.39 is 16.0 Å². The van der Waals surface area contributed by atoms with Gasteiger partial charge in [-0.05, 0) is 54.8 Å². The first kappa shape index (κ1) is 19.0. The minimum absolute atomic E-state index is 0.00141. The van der Waals surface area contributed by atoms with Crippen LogP contribution in [0.25, 0.3) is 6.08 Å². The average molecular weight is 380 g/mol. The van der Waals surface area contributed by atoms with Gasteiger partial charge in [0.2, 0.25) is 0 Å². The Kier molecular flexibility index (Phi) is 6.22. The summed E-state index contributed by atoms with van der Waals surface area (Å²) in [5.74, 6) is -0.892. The van der Waals surface area contributed by atoms with E-state index in [-0.39, 0.29) is 11.3 Å². The van der Waals surface area contributed by atoms with Crippen molar-refractivity contribution >= 4 is 39.4 Å². The highest BCUT2D eigenvalue weighted by Gasteiger charge is 2.15. The second kappa shape index (κ2) is 8.18. The molecule has 2 N–H and O–H groups in total. The van der Waals surface area contributed by atoms with Crippen molar-refractivity contribution in [2.45, 2.75) is 24.7 Å². The molecule has 0 bridgehead atoms. The maximum Gasteiger partial charge on any atom is 0.303 e. The molecule has 7 heteroatoms. The van der Waals surface area contributed by atoms with Crippen molar-refractivity contribution in [3.05, 3.63) is 64.7 Å². The Morgan fingerprint density at radius 2 is 2.00 bits per heavy atom. The quantitative estimate of drug-likeness (QED) is 0.750. The molecule has 2 rings (SSSR count). The van der Waals surface area contributed by atoms with Crippen molar-refractivity contribution in [3.63, 3.8) is 0 Å². The topological polar surface area (TPSA) is 83.5 Å². The largest absolute Gasteiger partial charge is 0.481 e. The van der Waals surface area contributed by atoms with E-state index in [1.165, 1.54) is 6.07 Å². The van der Waals surface area contributed by atoms with E-state index in [0.717, 1.165) is 5.56 Å². The van der Waals surface area contributed by atoms with E-state index in [2.05, 4.69) is 4.72 Å². The maximum absolute atomic E-state index is 12.6. The van der Waals surface area contributed by atoms with E-state index in [1.54, 1.807) is 42.5 Å². The van der Waals surface area contributed by atoms with Crippen LogP contribution in [0, 0.1) is 6.92 Å². The monoisotopic (exact) mass is 379 g/mol. The second-order valence-electron chi connectivity index (χ2n) is 5.49. The van der Waals surface area contributed by atoms with Crippen LogP contribution in [0.5, 0.6) is 0 Å². The summed E-state index contributed by atoms with van der Waals surface area (Å²) in [6, 6.07) is 11.4. The van der Waals surface area contributed by atoms with E-state index >= 15 is 0 Å². The van der Waals surface area contributed by atoms with Crippen molar-refractivity contribution in [2.75, 3.05) is 4.72 Å². The molecule has 2 aromatic carbocycles. The molecular weight excluding hydrogens is 362 g/mol. The van der Waals surface area contributed by atoms with Crippen LogP contribution in [-0.2, 0) is 14.8 Å². The molecule has 0 spiro atoms. The van der Waals surface area contributed by atoms with Crippen LogP contribution in [-0.4, -0.2) is 19.5 Å². The van der Waals surface area contributed by atoms with Gasteiger partial charge < -0.3 is 5.11 Å². The van der Waals surface area contributed by atoms with Crippen LogP contribution in [0.2, 0.25) is 5.02 Å². The van der Waals surface area contributed by atoms with Gasteiger partial charge in [0.1, 0.15) is 0 Å². The molecule has 132 valence electrons. The van der Waals surface area contributed by atoms with Gasteiger partial charge in [0.15, 0.2) is 0 Å². The number of carbonyl (C=O) groups is 1. The molecule has 2 aromatic rings. The minimum Gasteiger partial charge on any atom is -0.481 e. The highest BCUT2D eigenvalue weighted by atomic mass is 35.5. The number of sulfonamides is 1. The summed E-state index contributed by atoms with van der Waals surface area (Å²) in [7, 11) is -3.74. The third-order valence-corrected chi connectivity index (χ3v) is 4.98. The van der Waals surface area contributed by atoms with Crippen LogP contribution < -0.4 is 4.72 Å². The number of allylic oxidation sites excluding steroid dienone is 1. The summed E-state index contributed by atoms with van der Waals surface area (Å²) in [5, 5.41) is 9.12. The number of carboxylic acids is 1. The van der Waals surface area contributed by atoms with Crippen LogP contribution in [0.3, 0.4) is 0 Å². The summed E-state index contributed by atoms with van der Waals surface area (Å²) in [5.41, 5.74) is 1.78. The minimum atomic E-state index is -3.74. The molecule has 0 heterocycles. The second-order valence-corrected chi connectivity index (χ2v) is 7.61. The molecule has 5 nitrogen and oxygen atoms in total. The fraction of sp³-hybridized carbons (Fsp3) is 0.167. The van der Waals surface area contributed by atoms with Gasteiger partial charge in [-0.1, -0.05) is 35.9 Å². The molecular formula is C18H18ClNO4S. The zero-order chi connectivity index (χ0) is 18.4. The lowest BCUT2D eigenvalue weighted by Gasteiger charge is -2.11. The predicted molar refractivity (Wildman–Crippen MR) is 99.3 cm³/mol. The first-order valence-electron chi connectivity index (χ1n) is 7.55. The number of carboxylic acid groups (broad SMARTS) is 1. The van der Waals surface area contributed by atoms with E-state index in [9.17, 15) is 13.2 Å². The van der Waals surface area contributed by atoms with Crippen molar-refractivity contribution in [1.29, 1.82) is 0 Å². The summed E-state index contributed by atoms with van der Waals surface area (Å²) < 4.78 is 27.7. The third kappa shape index (κ3) is 5.62. The van der Waals surface area contributed by atoms with Gasteiger partial charge >= 0.3 is 5.97 Å². The Balaban J connectivity index is 2.28. The van der Waals surface area contributed by atoms with Gasteiger partial charge in [0.05, 0.1) is 10.6 Å². The van der Waals surface area contributed by atoms with Gasteiger partial charge in [-0.2, -0.15) is 0 Å². The standard InChI is InChI=1S/C18H18ClNO4S/c1-13-5-4-7-16(11-13)25(23,24)20-17-10-9-15(19)12-14(17)6-2-3-8-18(21)22/h2,4-7,9-12,20H,3,8H2,1H3,(H,21,22). The predicted octanol–water partition coefficient (Wildman–Crippen LogP) is 4.33. The average Bonchev–Trinajstić information content (AvgIpc) is 2.53. The number of rotatable bonds is 7. The Hall–Kier alpha value is -2.31. The Bertz CT molecular complexity index is 907. The lowest BCUT2D eigenvalue weighted by atomic mass is 10.1. The third-order valence-electron chi connectivity index (χ3n) is 3.38. The van der Waals surface area contributed by atoms with Gasteiger partial charge in [-0.25, -0.2) is 8.42 Å². The van der Waals surface area contributed by atoms with Crippen molar-refractivity contribution in [1.82, 2.24) is 0 Å². The van der Waals surface area contributed by atoms with Crippen molar-refractivity contribution in [2.24, 2.45) is 0 Å². The summed E-state index contributed by atoms with van der Waals surface area (Å²) >= 11 is 5.98. The molecule has 0 radical (unpaired) electrons. The Morgan fingerprint density at radius 1 is 1.24 bits per heavy atom. The molecule has 0 atom stereocenters. The molecule has 0 saturated heterocycles. The number of anilines is 1. The van der Waals surface area contributed by atoms with Gasteiger partial charge in [0, 0.05) is 11.4 Å². The normalized spacial score (nSPS) is 11.6. The number of hydrogen-bond donors (Lipinski definition) is 2. The zero-order valence-corrected chi connectivity index (χ0v) is 15.1. The first-order valence-corrected chi connectivity index (χ1v) is 9.41. The van der Waals surface area contributed by atoms with E-state index in [0.29, 0.717) is 22.7 Å². The highest BCUT2D eigenvalue weighted by molar-refractivity contribution is 7.92. The van der Waals surface area contributed by atoms with Crippen molar-refractivity contribution in [3.8, 4) is 0 Å². The fourth-order valence-corrected chi connectivity index (χ4v) is 3.54. The van der Waals surface area contributed by atoms with Crippen LogP contribution in [0.15, 0.2) is 53.4 Å². The zero-order valence-electron chi connectivity index (χ0n) is 13.6. The van der Waals surface area contributed by atoms with E-state index in [4.69, 9.17) is 16.7 Å². The molecule has 0 fully saturated rings. The smallest absolute Gasteiger partial charge is 0.303 e. The Labute approximate surface area is 152 Å². The number of halogens is 1. The Morgan fingerprint density at radius 3 is 2.68 bits per heavy atom. The molecule has 0 aliphatic heterocycles. The number of aliphatic carboxylic acids is 1. The SMILES string of the molecule is Cc1cccc(S(=O)(=O)Nc2ccc(Cl)cc2C=CCCC(=O)O)c1. The number of aryl methyl sites for hydroxylation is 1. The summed E-state index contributed by atoms with van der Waals surface area (Å²) in [6.45, 7) is 1.82. The lowest BCUT2D eigenvalue weighted by Crippen LogP contribution is -2.13. The molecule has 0 amide bonds. The van der Waals surface area contributed by atoms with Gasteiger partial charge in [-0.3, -0.25) is 9.52 Å². The van der Waals surface area contributed by atoms with Gasteiger partial charge in [0.25, 0.3) is 10.0 Å². The summed E-state index contributed by atoms with van der Waals surface area (Å²) in [4.78, 5) is 10.7. The highest BCUT2D eigenvalue weighted by Crippen LogP contribution is 2.25. The van der Waals surface area contributed by atoms with E-state index in [1.807, 2.05) is 13.0 Å². The van der Waals surface area contributed by atoms with Crippen LogP contribution in [0.1, 0.15) is 24.0 Å². The van der Waals surface area contributed by atoms with Crippen LogP contribution in [0.4, 0.5) is 5.69 Å². The maximum atomic E-state index is 12.6. The molecule has 25 heavy (non-hydrogen) atoms. The van der Waals surface area contributed by atoms with Crippen LogP contribution >= 0.6 is 11.6 Å². The molecule has 0 unspecified atom stereocenters. The number of hydrogen-bond acceptors (Lipinski definition) is 3. The molecule has 0 aliphatic carbocycles. The van der Waals surface area contributed by atoms with Gasteiger partial charge in [-0.15, -0.1) is 0 Å². The molecule has 0 aliphatic rings. The fourth-order valence-electron chi connectivity index (χ4n) is 2.17. The number of nitrogens with one attached hydrogen (secondary N) is 1.